The molecule has 0 aliphatic carbocycles. The Balaban J connectivity index is 2.14. The lowest BCUT2D eigenvalue weighted by Crippen LogP contribution is -2.41. The average Bonchev–Trinajstić information content (AvgIpc) is 2.59. The van der Waals surface area contributed by atoms with Crippen LogP contribution in [0.3, 0.4) is 0 Å². The highest BCUT2D eigenvalue weighted by Gasteiger charge is 2.16. The molecule has 0 spiro atoms. The molecule has 7 nitrogen and oxygen atoms in total. The third-order valence-electron chi connectivity index (χ3n) is 2.97. The van der Waals surface area contributed by atoms with Gasteiger partial charge in [0, 0.05) is 11.6 Å². The third kappa shape index (κ3) is 4.21. The fourth-order valence-electron chi connectivity index (χ4n) is 1.78. The molecule has 0 aliphatic rings. The van der Waals surface area contributed by atoms with Gasteiger partial charge in [-0.25, -0.2) is 8.42 Å². The van der Waals surface area contributed by atoms with Gasteiger partial charge >= 0.3 is 0 Å². The van der Waals surface area contributed by atoms with Crippen molar-refractivity contribution in [3.8, 4) is 11.5 Å². The normalized spacial score (nSPS) is 10.9. The lowest BCUT2D eigenvalue weighted by molar-refractivity contribution is 0.0944. The summed E-state index contributed by atoms with van der Waals surface area (Å²) in [7, 11) is -0.933. The summed E-state index contributed by atoms with van der Waals surface area (Å²) in [5.74, 6) is 0.197. The van der Waals surface area contributed by atoms with Gasteiger partial charge in [0.05, 0.1) is 19.1 Å². The van der Waals surface area contributed by atoms with E-state index in [1.165, 1.54) is 38.5 Å². The first-order chi connectivity index (χ1) is 11.0. The topological polar surface area (TPSA) is 93.7 Å². The van der Waals surface area contributed by atoms with Crippen molar-refractivity contribution in [2.24, 2.45) is 0 Å². The molecule has 2 aromatic rings. The van der Waals surface area contributed by atoms with Crippen LogP contribution in [0, 0.1) is 0 Å². The molecule has 122 valence electrons. The maximum absolute atomic E-state index is 12.1. The van der Waals surface area contributed by atoms with Gasteiger partial charge in [-0.3, -0.25) is 10.2 Å². The van der Waals surface area contributed by atoms with E-state index < -0.39 is 15.9 Å². The number of hydrogen-bond donors (Lipinski definition) is 2. The second-order valence-corrected chi connectivity index (χ2v) is 6.16. The molecule has 0 unspecified atom stereocenters. The van der Waals surface area contributed by atoms with Crippen LogP contribution in [0.2, 0.25) is 0 Å². The molecule has 0 radical (unpaired) electrons. The first-order valence-electron chi connectivity index (χ1n) is 6.56. The SMILES string of the molecule is COc1cc(OC)cc(C(=O)NNS(=O)(=O)c2ccccc2)c1. The van der Waals surface area contributed by atoms with Gasteiger partial charge in [0.25, 0.3) is 15.9 Å². The summed E-state index contributed by atoms with van der Waals surface area (Å²) in [6.07, 6.45) is 0. The zero-order valence-electron chi connectivity index (χ0n) is 12.6. The van der Waals surface area contributed by atoms with Crippen LogP contribution in [0.4, 0.5) is 0 Å². The molecule has 0 heterocycles. The van der Waals surface area contributed by atoms with Gasteiger partial charge < -0.3 is 9.47 Å². The quantitative estimate of drug-likeness (QED) is 0.776. The molecule has 8 heteroatoms. The minimum absolute atomic E-state index is 0.0449. The van der Waals surface area contributed by atoms with Crippen LogP contribution >= 0.6 is 0 Å². The molecule has 0 saturated carbocycles. The summed E-state index contributed by atoms with van der Waals surface area (Å²) in [6, 6.07) is 12.2. The largest absolute Gasteiger partial charge is 0.497 e. The summed E-state index contributed by atoms with van der Waals surface area (Å²) >= 11 is 0. The molecule has 0 atom stereocenters. The molecule has 0 aromatic heterocycles. The van der Waals surface area contributed by atoms with Crippen molar-refractivity contribution in [3.05, 3.63) is 54.1 Å². The molecule has 23 heavy (non-hydrogen) atoms. The van der Waals surface area contributed by atoms with Crippen molar-refractivity contribution in [2.45, 2.75) is 4.90 Å². The van der Waals surface area contributed by atoms with Gasteiger partial charge in [0.15, 0.2) is 0 Å². The highest BCUT2D eigenvalue weighted by atomic mass is 32.2. The first-order valence-corrected chi connectivity index (χ1v) is 8.05. The summed E-state index contributed by atoms with van der Waals surface area (Å²) < 4.78 is 34.2. The van der Waals surface area contributed by atoms with Gasteiger partial charge in [-0.1, -0.05) is 18.2 Å². The maximum atomic E-state index is 12.1. The van der Waals surface area contributed by atoms with E-state index in [0.29, 0.717) is 11.5 Å². The van der Waals surface area contributed by atoms with E-state index in [0.717, 1.165) is 0 Å². The van der Waals surface area contributed by atoms with Gasteiger partial charge in [-0.05, 0) is 24.3 Å². The Morgan fingerprint density at radius 3 is 2.04 bits per heavy atom. The highest BCUT2D eigenvalue weighted by molar-refractivity contribution is 7.89. The molecular weight excluding hydrogens is 320 g/mol. The Labute approximate surface area is 134 Å². The number of carbonyl (C=O) groups is 1. The van der Waals surface area contributed by atoms with Crippen molar-refractivity contribution in [2.75, 3.05) is 14.2 Å². The van der Waals surface area contributed by atoms with Gasteiger partial charge in [-0.2, -0.15) is 0 Å². The minimum atomic E-state index is -3.84. The minimum Gasteiger partial charge on any atom is -0.497 e. The smallest absolute Gasteiger partial charge is 0.266 e. The molecule has 0 bridgehead atoms. The molecule has 0 fully saturated rings. The zero-order valence-corrected chi connectivity index (χ0v) is 13.4. The van der Waals surface area contributed by atoms with Gasteiger partial charge in [0.1, 0.15) is 11.5 Å². The van der Waals surface area contributed by atoms with E-state index >= 15 is 0 Å². The zero-order chi connectivity index (χ0) is 16.9. The summed E-state index contributed by atoms with van der Waals surface area (Å²) in [6.45, 7) is 0. The number of sulfonamides is 1. The average molecular weight is 336 g/mol. The predicted molar refractivity (Wildman–Crippen MR) is 83.8 cm³/mol. The number of carbonyl (C=O) groups excluding carboxylic acids is 1. The fourth-order valence-corrected chi connectivity index (χ4v) is 2.64. The number of methoxy groups -OCH3 is 2. The molecule has 1 amide bonds. The summed E-state index contributed by atoms with van der Waals surface area (Å²) in [4.78, 5) is 14.2. The molecule has 2 aromatic carbocycles. The molecule has 0 aliphatic heterocycles. The number of ether oxygens (including phenoxy) is 2. The number of amides is 1. The van der Waals surface area contributed by atoms with Crippen LogP contribution in [0.15, 0.2) is 53.4 Å². The van der Waals surface area contributed by atoms with Crippen molar-refractivity contribution in [1.82, 2.24) is 10.3 Å². The van der Waals surface area contributed by atoms with Crippen LogP contribution in [-0.2, 0) is 10.0 Å². The summed E-state index contributed by atoms with van der Waals surface area (Å²) in [5.41, 5.74) is 2.34. The monoisotopic (exact) mass is 336 g/mol. The maximum Gasteiger partial charge on any atom is 0.266 e. The fraction of sp³-hybridized carbons (Fsp3) is 0.133. The van der Waals surface area contributed by atoms with Crippen molar-refractivity contribution >= 4 is 15.9 Å². The van der Waals surface area contributed by atoms with Crippen LogP contribution < -0.4 is 19.7 Å². The Hall–Kier alpha value is -2.58. The molecule has 0 saturated heterocycles. The summed E-state index contributed by atoms with van der Waals surface area (Å²) in [5, 5.41) is 0. The van der Waals surface area contributed by atoms with E-state index in [2.05, 4.69) is 5.43 Å². The second-order valence-electron chi connectivity index (χ2n) is 4.47. The Bertz CT molecular complexity index is 769. The van der Waals surface area contributed by atoms with E-state index in [1.807, 2.05) is 4.83 Å². The van der Waals surface area contributed by atoms with Crippen LogP contribution in [0.25, 0.3) is 0 Å². The van der Waals surface area contributed by atoms with Crippen molar-refractivity contribution in [3.63, 3.8) is 0 Å². The van der Waals surface area contributed by atoms with Crippen molar-refractivity contribution < 1.29 is 22.7 Å². The molecular formula is C15H16N2O5S. The Kier molecular flexibility index (Phi) is 5.20. The lowest BCUT2D eigenvalue weighted by atomic mass is 10.2. The highest BCUT2D eigenvalue weighted by Crippen LogP contribution is 2.22. The van der Waals surface area contributed by atoms with E-state index in [4.69, 9.17) is 9.47 Å². The van der Waals surface area contributed by atoms with E-state index in [9.17, 15) is 13.2 Å². The number of nitrogens with one attached hydrogen (secondary N) is 2. The van der Waals surface area contributed by atoms with Gasteiger partial charge in [-0.15, -0.1) is 4.83 Å². The van der Waals surface area contributed by atoms with E-state index in [-0.39, 0.29) is 10.5 Å². The molecule has 2 N–H and O–H groups in total. The standard InChI is InChI=1S/C15H16N2O5S/c1-21-12-8-11(9-13(10-12)22-2)15(18)16-17-23(19,20)14-6-4-3-5-7-14/h3-10,17H,1-2H3,(H,16,18). The van der Waals surface area contributed by atoms with Crippen LogP contribution in [-0.4, -0.2) is 28.5 Å². The Morgan fingerprint density at radius 2 is 1.52 bits per heavy atom. The molecule has 2 rings (SSSR count). The van der Waals surface area contributed by atoms with E-state index in [1.54, 1.807) is 24.3 Å². The second kappa shape index (κ2) is 7.12. The number of rotatable bonds is 6. The lowest BCUT2D eigenvalue weighted by Gasteiger charge is -2.10. The van der Waals surface area contributed by atoms with Gasteiger partial charge in [0.2, 0.25) is 0 Å². The number of benzene rings is 2. The third-order valence-corrected chi connectivity index (χ3v) is 4.23. The Morgan fingerprint density at radius 1 is 0.957 bits per heavy atom. The number of hydrazine groups is 1. The predicted octanol–water partition coefficient (Wildman–Crippen LogP) is 1.33. The van der Waals surface area contributed by atoms with Crippen LogP contribution in [0.1, 0.15) is 10.4 Å². The number of hydrogen-bond acceptors (Lipinski definition) is 5. The first kappa shape index (κ1) is 16.8. The van der Waals surface area contributed by atoms with Crippen molar-refractivity contribution in [1.29, 1.82) is 0 Å². The van der Waals surface area contributed by atoms with Crippen LogP contribution in [0.5, 0.6) is 11.5 Å².